The van der Waals surface area contributed by atoms with Gasteiger partial charge >= 0.3 is 0 Å². The van der Waals surface area contributed by atoms with Gasteiger partial charge in [-0.3, -0.25) is 0 Å². The highest BCUT2D eigenvalue weighted by molar-refractivity contribution is 6.23. The average Bonchev–Trinajstić information content (AvgIpc) is 2.13. The highest BCUT2D eigenvalue weighted by Crippen LogP contribution is 1.87. The summed E-state index contributed by atoms with van der Waals surface area (Å²) in [6, 6.07) is 0. The van der Waals surface area contributed by atoms with E-state index >= 15 is 0 Å². The van der Waals surface area contributed by atoms with Gasteiger partial charge in [0.2, 0.25) is 9.92 Å². The first-order chi connectivity index (χ1) is 6.35. The van der Waals surface area contributed by atoms with Crippen LogP contribution in [0.1, 0.15) is 13.3 Å². The molecule has 0 aromatic heterocycles. The van der Waals surface area contributed by atoms with Gasteiger partial charge in [-0.15, -0.1) is 0 Å². The second-order valence-electron chi connectivity index (χ2n) is 3.07. The van der Waals surface area contributed by atoms with Crippen LogP contribution < -0.4 is 11.1 Å². The van der Waals surface area contributed by atoms with Crippen molar-refractivity contribution in [3.05, 3.63) is 0 Å². The Morgan fingerprint density at radius 1 is 1.38 bits per heavy atom. The Morgan fingerprint density at radius 3 is 2.69 bits per heavy atom. The van der Waals surface area contributed by atoms with Gasteiger partial charge in [-0.1, -0.05) is 6.92 Å². The SMILES string of the molecule is CCCN(CCNCCN)[SiH2]OC. The molecule has 0 saturated heterocycles. The summed E-state index contributed by atoms with van der Waals surface area (Å²) in [4.78, 5) is 0. The van der Waals surface area contributed by atoms with Crippen molar-refractivity contribution in [1.29, 1.82) is 0 Å². The fourth-order valence-corrected chi connectivity index (χ4v) is 2.30. The second kappa shape index (κ2) is 10.1. The molecule has 0 bridgehead atoms. The highest BCUT2D eigenvalue weighted by atomic mass is 28.2. The summed E-state index contributed by atoms with van der Waals surface area (Å²) < 4.78 is 7.65. The molecule has 0 aliphatic heterocycles. The summed E-state index contributed by atoms with van der Waals surface area (Å²) in [6.07, 6.45) is 1.20. The van der Waals surface area contributed by atoms with Crippen molar-refractivity contribution in [3.8, 4) is 0 Å². The van der Waals surface area contributed by atoms with Gasteiger partial charge in [-0.25, -0.2) is 0 Å². The lowest BCUT2D eigenvalue weighted by atomic mass is 10.4. The molecule has 0 unspecified atom stereocenters. The quantitative estimate of drug-likeness (QED) is 0.370. The predicted molar refractivity (Wildman–Crippen MR) is 59.3 cm³/mol. The van der Waals surface area contributed by atoms with E-state index in [1.54, 1.807) is 7.11 Å². The van der Waals surface area contributed by atoms with Crippen molar-refractivity contribution in [1.82, 2.24) is 9.88 Å². The lowest BCUT2D eigenvalue weighted by Crippen LogP contribution is -2.37. The third-order valence-corrected chi connectivity index (χ3v) is 3.03. The van der Waals surface area contributed by atoms with Crippen molar-refractivity contribution in [2.75, 3.05) is 39.8 Å². The maximum absolute atomic E-state index is 5.37. The predicted octanol–water partition coefficient (Wildman–Crippen LogP) is -1.11. The maximum atomic E-state index is 5.37. The molecule has 0 radical (unpaired) electrons. The molecule has 0 heterocycles. The molecule has 0 aliphatic rings. The Bertz CT molecular complexity index is 99.4. The first-order valence-corrected chi connectivity index (χ1v) is 6.18. The largest absolute Gasteiger partial charge is 0.411 e. The monoisotopic (exact) mass is 205 g/mol. The molecule has 0 fully saturated rings. The number of hydrogen-bond donors (Lipinski definition) is 2. The molecule has 13 heavy (non-hydrogen) atoms. The van der Waals surface area contributed by atoms with Gasteiger partial charge < -0.3 is 20.0 Å². The third-order valence-electron chi connectivity index (χ3n) is 1.78. The topological polar surface area (TPSA) is 50.5 Å². The van der Waals surface area contributed by atoms with E-state index in [-0.39, 0.29) is 0 Å². The van der Waals surface area contributed by atoms with Crippen LogP contribution in [-0.2, 0) is 4.43 Å². The summed E-state index contributed by atoms with van der Waals surface area (Å²) >= 11 is 0. The highest BCUT2D eigenvalue weighted by Gasteiger charge is 2.01. The van der Waals surface area contributed by atoms with E-state index in [9.17, 15) is 0 Å². The molecular formula is C8H23N3OSi. The normalized spacial score (nSPS) is 12.0. The van der Waals surface area contributed by atoms with Crippen LogP contribution in [0.4, 0.5) is 0 Å². The van der Waals surface area contributed by atoms with Gasteiger partial charge in [-0.2, -0.15) is 0 Å². The van der Waals surface area contributed by atoms with Gasteiger partial charge in [0.05, 0.1) is 0 Å². The van der Waals surface area contributed by atoms with E-state index in [0.29, 0.717) is 0 Å². The van der Waals surface area contributed by atoms with Gasteiger partial charge in [0.1, 0.15) is 0 Å². The zero-order valence-electron chi connectivity index (χ0n) is 8.88. The Labute approximate surface area is 83.8 Å². The Balaban J connectivity index is 3.33. The van der Waals surface area contributed by atoms with Crippen LogP contribution in [0.3, 0.4) is 0 Å². The summed E-state index contributed by atoms with van der Waals surface area (Å²) in [7, 11) is 1.35. The maximum Gasteiger partial charge on any atom is 0.238 e. The fourth-order valence-electron chi connectivity index (χ4n) is 1.20. The third kappa shape index (κ3) is 8.39. The fraction of sp³-hybridized carbons (Fsp3) is 1.00. The number of nitrogens with one attached hydrogen (secondary N) is 1. The zero-order chi connectivity index (χ0) is 9.94. The Kier molecular flexibility index (Phi) is 10.2. The van der Waals surface area contributed by atoms with Gasteiger partial charge in [0.15, 0.2) is 0 Å². The zero-order valence-corrected chi connectivity index (χ0v) is 10.3. The van der Waals surface area contributed by atoms with E-state index < -0.39 is 9.92 Å². The van der Waals surface area contributed by atoms with Crippen LogP contribution in [0, 0.1) is 0 Å². The van der Waals surface area contributed by atoms with Crippen molar-refractivity contribution in [2.45, 2.75) is 13.3 Å². The Morgan fingerprint density at radius 2 is 2.15 bits per heavy atom. The van der Waals surface area contributed by atoms with Crippen molar-refractivity contribution < 1.29 is 4.43 Å². The van der Waals surface area contributed by atoms with Crippen LogP contribution in [0.2, 0.25) is 0 Å². The van der Waals surface area contributed by atoms with Gasteiger partial charge in [-0.05, 0) is 13.0 Å². The van der Waals surface area contributed by atoms with Crippen LogP contribution >= 0.6 is 0 Å². The van der Waals surface area contributed by atoms with E-state index in [0.717, 1.165) is 32.7 Å². The van der Waals surface area contributed by atoms with Crippen molar-refractivity contribution in [2.24, 2.45) is 5.73 Å². The molecule has 0 amide bonds. The molecule has 3 N–H and O–H groups in total. The molecule has 0 saturated carbocycles. The molecule has 0 aromatic rings. The molecule has 0 rings (SSSR count). The smallest absolute Gasteiger partial charge is 0.238 e. The lowest BCUT2D eigenvalue weighted by molar-refractivity contribution is 0.335. The summed E-state index contributed by atoms with van der Waals surface area (Å²) in [5.41, 5.74) is 5.37. The summed E-state index contributed by atoms with van der Waals surface area (Å²) in [6.45, 7) is 7.10. The molecule has 0 aliphatic carbocycles. The molecule has 5 heteroatoms. The van der Waals surface area contributed by atoms with Crippen LogP contribution in [-0.4, -0.2) is 54.3 Å². The lowest BCUT2D eigenvalue weighted by Gasteiger charge is -2.20. The summed E-state index contributed by atoms with van der Waals surface area (Å²) in [5, 5.41) is 3.28. The summed E-state index contributed by atoms with van der Waals surface area (Å²) in [5.74, 6) is 0. The van der Waals surface area contributed by atoms with Crippen molar-refractivity contribution >= 4 is 9.92 Å². The van der Waals surface area contributed by atoms with Gasteiger partial charge in [0, 0.05) is 33.3 Å². The van der Waals surface area contributed by atoms with E-state index in [2.05, 4.69) is 16.8 Å². The standard InChI is InChI=1S/C8H23N3OSi/c1-3-7-11(13-12-2)8-6-10-5-4-9/h10H,3-9,13H2,1-2H3. The van der Waals surface area contributed by atoms with Crippen LogP contribution in [0.15, 0.2) is 0 Å². The second-order valence-corrected chi connectivity index (χ2v) is 4.80. The number of nitrogens with zero attached hydrogens (tertiary/aromatic N) is 1. The molecule has 80 valence electrons. The van der Waals surface area contributed by atoms with Crippen LogP contribution in [0.25, 0.3) is 0 Å². The molecule has 0 aromatic carbocycles. The Hall–Kier alpha value is 0.0569. The van der Waals surface area contributed by atoms with E-state index in [1.165, 1.54) is 6.42 Å². The average molecular weight is 205 g/mol. The number of hydrogen-bond acceptors (Lipinski definition) is 4. The minimum Gasteiger partial charge on any atom is -0.411 e. The van der Waals surface area contributed by atoms with Crippen LogP contribution in [0.5, 0.6) is 0 Å². The first kappa shape index (κ1) is 13.1. The minimum atomic E-state index is -0.447. The molecule has 0 atom stereocenters. The number of rotatable bonds is 9. The van der Waals surface area contributed by atoms with Crippen molar-refractivity contribution in [3.63, 3.8) is 0 Å². The van der Waals surface area contributed by atoms with E-state index in [4.69, 9.17) is 10.2 Å². The first-order valence-electron chi connectivity index (χ1n) is 4.97. The van der Waals surface area contributed by atoms with Gasteiger partial charge in [0.25, 0.3) is 0 Å². The van der Waals surface area contributed by atoms with E-state index in [1.807, 2.05) is 0 Å². The molecule has 4 nitrogen and oxygen atoms in total. The molecule has 0 spiro atoms. The minimum absolute atomic E-state index is 0.447. The molecular weight excluding hydrogens is 182 g/mol. The number of nitrogens with two attached hydrogens (primary N) is 1.